The van der Waals surface area contributed by atoms with E-state index >= 15 is 0 Å². The van der Waals surface area contributed by atoms with E-state index in [1.807, 2.05) is 20.9 Å². The van der Waals surface area contributed by atoms with Crippen LogP contribution in [0.5, 0.6) is 0 Å². The number of aromatic nitrogens is 2. The fraction of sp³-hybridized carbons (Fsp3) is 0.615. The number of nitrogens with zero attached hydrogens (tertiary/aromatic N) is 3. The van der Waals surface area contributed by atoms with Crippen LogP contribution in [-0.4, -0.2) is 36.0 Å². The molecule has 6 heteroatoms. The standard InChI is InChI=1S/C13H21N5O/c1-4-10-16-12(15-3)8(2)13(17-10)18-6-5-9(7-18)11(14)19/h9H,4-7H2,1-3H3,(H2,14,19)(H,15,16,17). The van der Waals surface area contributed by atoms with Crippen LogP contribution in [-0.2, 0) is 11.2 Å². The van der Waals surface area contributed by atoms with Crippen LogP contribution in [0.15, 0.2) is 0 Å². The number of hydrogen-bond acceptors (Lipinski definition) is 5. The number of nitrogens with two attached hydrogens (primary N) is 1. The minimum atomic E-state index is -0.223. The van der Waals surface area contributed by atoms with Crippen molar-refractivity contribution in [1.82, 2.24) is 9.97 Å². The van der Waals surface area contributed by atoms with Gasteiger partial charge in [-0.15, -0.1) is 0 Å². The third-order valence-corrected chi connectivity index (χ3v) is 3.61. The molecule has 0 aromatic carbocycles. The van der Waals surface area contributed by atoms with E-state index in [9.17, 15) is 4.79 Å². The molecule has 1 aliphatic heterocycles. The fourth-order valence-electron chi connectivity index (χ4n) is 2.44. The molecule has 1 amide bonds. The van der Waals surface area contributed by atoms with E-state index in [-0.39, 0.29) is 11.8 Å². The Balaban J connectivity index is 2.32. The molecule has 3 N–H and O–H groups in total. The van der Waals surface area contributed by atoms with Gasteiger partial charge in [0, 0.05) is 32.1 Å². The van der Waals surface area contributed by atoms with Crippen LogP contribution in [0, 0.1) is 12.8 Å². The minimum Gasteiger partial charge on any atom is -0.373 e. The van der Waals surface area contributed by atoms with Gasteiger partial charge in [0.05, 0.1) is 5.92 Å². The second-order valence-electron chi connectivity index (χ2n) is 4.87. The molecule has 0 spiro atoms. The number of amides is 1. The highest BCUT2D eigenvalue weighted by molar-refractivity contribution is 5.78. The van der Waals surface area contributed by atoms with Crippen molar-refractivity contribution >= 4 is 17.5 Å². The summed E-state index contributed by atoms with van der Waals surface area (Å²) in [5, 5.41) is 3.10. The lowest BCUT2D eigenvalue weighted by atomic mass is 10.1. The molecule has 0 radical (unpaired) electrons. The van der Waals surface area contributed by atoms with Crippen molar-refractivity contribution in [2.75, 3.05) is 30.4 Å². The summed E-state index contributed by atoms with van der Waals surface area (Å²) in [4.78, 5) is 22.4. The number of anilines is 2. The monoisotopic (exact) mass is 263 g/mol. The zero-order valence-corrected chi connectivity index (χ0v) is 11.7. The van der Waals surface area contributed by atoms with Crippen molar-refractivity contribution < 1.29 is 4.79 Å². The van der Waals surface area contributed by atoms with Gasteiger partial charge < -0.3 is 16.0 Å². The summed E-state index contributed by atoms with van der Waals surface area (Å²) in [5.74, 6) is 2.29. The molecule has 2 heterocycles. The lowest BCUT2D eigenvalue weighted by molar-refractivity contribution is -0.121. The molecule has 1 atom stereocenters. The molecule has 0 aliphatic carbocycles. The van der Waals surface area contributed by atoms with Gasteiger partial charge in [0.2, 0.25) is 5.91 Å². The molecule has 2 rings (SSSR count). The molecular formula is C13H21N5O. The number of nitrogens with one attached hydrogen (secondary N) is 1. The topological polar surface area (TPSA) is 84.1 Å². The normalized spacial score (nSPS) is 18.7. The molecule has 1 unspecified atom stereocenters. The maximum atomic E-state index is 11.3. The smallest absolute Gasteiger partial charge is 0.222 e. The Bertz CT molecular complexity index is 488. The minimum absolute atomic E-state index is 0.0718. The van der Waals surface area contributed by atoms with Crippen LogP contribution >= 0.6 is 0 Å². The number of aryl methyl sites for hydroxylation is 1. The molecule has 1 aliphatic rings. The molecule has 19 heavy (non-hydrogen) atoms. The molecule has 1 saturated heterocycles. The molecular weight excluding hydrogens is 242 g/mol. The van der Waals surface area contributed by atoms with Gasteiger partial charge in [-0.2, -0.15) is 0 Å². The Labute approximate surface area is 113 Å². The lowest BCUT2D eigenvalue weighted by Gasteiger charge is -2.21. The van der Waals surface area contributed by atoms with E-state index in [1.54, 1.807) is 0 Å². The molecule has 1 aromatic heterocycles. The van der Waals surface area contributed by atoms with Crippen LogP contribution in [0.3, 0.4) is 0 Å². The molecule has 104 valence electrons. The largest absolute Gasteiger partial charge is 0.373 e. The lowest BCUT2D eigenvalue weighted by Crippen LogP contribution is -2.28. The summed E-state index contributed by atoms with van der Waals surface area (Å²) < 4.78 is 0. The maximum Gasteiger partial charge on any atom is 0.222 e. The number of carbonyl (C=O) groups excluding carboxylic acids is 1. The summed E-state index contributed by atoms with van der Waals surface area (Å²) in [7, 11) is 1.86. The van der Waals surface area contributed by atoms with Gasteiger partial charge >= 0.3 is 0 Å². The van der Waals surface area contributed by atoms with Gasteiger partial charge in [0.1, 0.15) is 17.5 Å². The highest BCUT2D eigenvalue weighted by Gasteiger charge is 2.29. The van der Waals surface area contributed by atoms with Crippen molar-refractivity contribution in [3.63, 3.8) is 0 Å². The first-order valence-electron chi connectivity index (χ1n) is 6.66. The first-order valence-corrected chi connectivity index (χ1v) is 6.66. The first kappa shape index (κ1) is 13.6. The number of rotatable bonds is 4. The van der Waals surface area contributed by atoms with E-state index in [0.29, 0.717) is 6.54 Å². The van der Waals surface area contributed by atoms with E-state index in [0.717, 1.165) is 42.4 Å². The summed E-state index contributed by atoms with van der Waals surface area (Å²) in [5.41, 5.74) is 6.40. The third-order valence-electron chi connectivity index (χ3n) is 3.61. The van der Waals surface area contributed by atoms with Crippen molar-refractivity contribution in [3.05, 3.63) is 11.4 Å². The second-order valence-corrected chi connectivity index (χ2v) is 4.87. The van der Waals surface area contributed by atoms with Gasteiger partial charge in [0.15, 0.2) is 0 Å². The van der Waals surface area contributed by atoms with Gasteiger partial charge in [-0.05, 0) is 13.3 Å². The molecule has 1 aromatic rings. The van der Waals surface area contributed by atoms with Crippen LogP contribution in [0.4, 0.5) is 11.6 Å². The van der Waals surface area contributed by atoms with E-state index in [2.05, 4.69) is 20.2 Å². The Morgan fingerprint density at radius 3 is 2.79 bits per heavy atom. The number of hydrogen-bond donors (Lipinski definition) is 2. The summed E-state index contributed by atoms with van der Waals surface area (Å²) in [6.07, 6.45) is 1.59. The van der Waals surface area contributed by atoms with Crippen LogP contribution < -0.4 is 16.0 Å². The fourth-order valence-corrected chi connectivity index (χ4v) is 2.44. The average molecular weight is 263 g/mol. The highest BCUT2D eigenvalue weighted by atomic mass is 16.1. The van der Waals surface area contributed by atoms with Crippen molar-refractivity contribution in [3.8, 4) is 0 Å². The molecule has 1 fully saturated rings. The van der Waals surface area contributed by atoms with Crippen LogP contribution in [0.2, 0.25) is 0 Å². The van der Waals surface area contributed by atoms with Crippen molar-refractivity contribution in [1.29, 1.82) is 0 Å². The van der Waals surface area contributed by atoms with Gasteiger partial charge in [-0.1, -0.05) is 6.92 Å². The number of primary amides is 1. The maximum absolute atomic E-state index is 11.3. The summed E-state index contributed by atoms with van der Waals surface area (Å²) >= 11 is 0. The Morgan fingerprint density at radius 2 is 2.26 bits per heavy atom. The molecule has 0 bridgehead atoms. The predicted molar refractivity (Wildman–Crippen MR) is 75.2 cm³/mol. The molecule has 0 saturated carbocycles. The predicted octanol–water partition coefficient (Wildman–Crippen LogP) is 0.701. The van der Waals surface area contributed by atoms with Crippen molar-refractivity contribution in [2.24, 2.45) is 11.7 Å². The third kappa shape index (κ3) is 2.62. The van der Waals surface area contributed by atoms with E-state index < -0.39 is 0 Å². The summed E-state index contributed by atoms with van der Waals surface area (Å²) in [6.45, 7) is 5.50. The van der Waals surface area contributed by atoms with E-state index in [1.165, 1.54) is 0 Å². The first-order chi connectivity index (χ1) is 9.06. The van der Waals surface area contributed by atoms with Crippen LogP contribution in [0.25, 0.3) is 0 Å². The van der Waals surface area contributed by atoms with Crippen LogP contribution in [0.1, 0.15) is 24.7 Å². The number of carbonyl (C=O) groups is 1. The van der Waals surface area contributed by atoms with Gasteiger partial charge in [-0.25, -0.2) is 9.97 Å². The zero-order chi connectivity index (χ0) is 14.0. The Kier molecular flexibility index (Phi) is 3.87. The average Bonchev–Trinajstić information content (AvgIpc) is 2.88. The van der Waals surface area contributed by atoms with E-state index in [4.69, 9.17) is 5.73 Å². The quantitative estimate of drug-likeness (QED) is 0.835. The summed E-state index contributed by atoms with van der Waals surface area (Å²) in [6, 6.07) is 0. The zero-order valence-electron chi connectivity index (χ0n) is 11.7. The Morgan fingerprint density at radius 1 is 1.53 bits per heavy atom. The van der Waals surface area contributed by atoms with Gasteiger partial charge in [-0.3, -0.25) is 4.79 Å². The highest BCUT2D eigenvalue weighted by Crippen LogP contribution is 2.28. The van der Waals surface area contributed by atoms with Crippen molar-refractivity contribution in [2.45, 2.75) is 26.7 Å². The molecule has 6 nitrogen and oxygen atoms in total. The second kappa shape index (κ2) is 5.42. The SMILES string of the molecule is CCc1nc(NC)c(C)c(N2CCC(C(N)=O)C2)n1. The Hall–Kier alpha value is -1.85. The van der Waals surface area contributed by atoms with Gasteiger partial charge in [0.25, 0.3) is 0 Å².